The maximum Gasteiger partial charge on any atom is 0.243 e. The molecule has 0 radical (unpaired) electrons. The summed E-state index contributed by atoms with van der Waals surface area (Å²) < 4.78 is 52.3. The second-order valence-electron chi connectivity index (χ2n) is 6.44. The average molecular weight is 380 g/mol. The Bertz CT molecular complexity index is 881. The molecule has 0 N–H and O–H groups in total. The maximum atomic E-state index is 12.8. The van der Waals surface area contributed by atoms with Crippen LogP contribution in [0.5, 0.6) is 0 Å². The number of rotatable bonds is 4. The molecule has 0 aliphatic carbocycles. The first-order valence-electron chi connectivity index (χ1n) is 8.08. The third kappa shape index (κ3) is 3.49. The summed E-state index contributed by atoms with van der Waals surface area (Å²) in [7, 11) is -7.21. The Morgan fingerprint density at radius 2 is 1.28 bits per heavy atom. The predicted octanol–water partition coefficient (Wildman–Crippen LogP) is 2.54. The van der Waals surface area contributed by atoms with E-state index in [1.807, 2.05) is 13.8 Å². The van der Waals surface area contributed by atoms with Gasteiger partial charge < -0.3 is 0 Å². The summed E-state index contributed by atoms with van der Waals surface area (Å²) >= 11 is 0. The Labute approximate surface area is 149 Å². The molecule has 0 unspecified atom stereocenters. The molecule has 1 atom stereocenters. The molecule has 1 saturated heterocycles. The monoisotopic (exact) mass is 379 g/mol. The minimum Gasteiger partial charge on any atom is -0.223 e. The maximum absolute atomic E-state index is 12.8. The Balaban J connectivity index is 1.83. The molecule has 134 valence electrons. The van der Waals surface area contributed by atoms with Gasteiger partial charge >= 0.3 is 0 Å². The zero-order chi connectivity index (χ0) is 18.2. The van der Waals surface area contributed by atoms with Gasteiger partial charge in [0.1, 0.15) is 0 Å². The minimum atomic E-state index is -3.67. The zero-order valence-corrected chi connectivity index (χ0v) is 15.8. The number of sulfonamides is 1. The highest BCUT2D eigenvalue weighted by molar-refractivity contribution is 7.92. The van der Waals surface area contributed by atoms with Crippen LogP contribution in [0.4, 0.5) is 0 Å². The van der Waals surface area contributed by atoms with Crippen LogP contribution in [0.15, 0.2) is 58.3 Å². The smallest absolute Gasteiger partial charge is 0.223 e. The van der Waals surface area contributed by atoms with Crippen molar-refractivity contribution in [3.05, 3.63) is 59.7 Å². The Morgan fingerprint density at radius 3 is 1.80 bits per heavy atom. The predicted molar refractivity (Wildman–Crippen MR) is 96.7 cm³/mol. The molecule has 1 fully saturated rings. The number of benzene rings is 2. The van der Waals surface area contributed by atoms with Gasteiger partial charge in [-0.2, -0.15) is 4.31 Å². The molecule has 2 aromatic rings. The highest BCUT2D eigenvalue weighted by Crippen LogP contribution is 2.28. The average Bonchev–Trinajstić information content (AvgIpc) is 3.07. The summed E-state index contributed by atoms with van der Waals surface area (Å²) in [5, 5.41) is -0.713. The molecule has 25 heavy (non-hydrogen) atoms. The van der Waals surface area contributed by atoms with E-state index >= 15 is 0 Å². The zero-order valence-electron chi connectivity index (χ0n) is 14.2. The molecule has 0 bridgehead atoms. The molecule has 7 heteroatoms. The van der Waals surface area contributed by atoms with Crippen molar-refractivity contribution in [2.75, 3.05) is 13.1 Å². The van der Waals surface area contributed by atoms with Gasteiger partial charge in [0.2, 0.25) is 10.0 Å². The van der Waals surface area contributed by atoms with Gasteiger partial charge in [0, 0.05) is 13.1 Å². The van der Waals surface area contributed by atoms with E-state index < -0.39 is 25.1 Å². The lowest BCUT2D eigenvalue weighted by molar-refractivity contribution is 0.476. The summed E-state index contributed by atoms with van der Waals surface area (Å²) in [6.45, 7) is 3.98. The molecule has 0 aromatic heterocycles. The number of nitrogens with zero attached hydrogens (tertiary/aromatic N) is 1. The SMILES string of the molecule is Cc1ccc(S(=O)(=O)[C@@H]2CCN(S(=O)(=O)c3ccc(C)cc3)C2)cc1. The van der Waals surface area contributed by atoms with Crippen molar-refractivity contribution >= 4 is 19.9 Å². The molecule has 1 heterocycles. The van der Waals surface area contributed by atoms with E-state index in [1.54, 1.807) is 48.5 Å². The fourth-order valence-corrected chi connectivity index (χ4v) is 6.24. The number of hydrogen-bond donors (Lipinski definition) is 0. The first kappa shape index (κ1) is 18.1. The minimum absolute atomic E-state index is 0.00752. The molecule has 1 aliphatic rings. The third-order valence-corrected chi connectivity index (χ3v) is 8.63. The van der Waals surface area contributed by atoms with E-state index in [2.05, 4.69) is 0 Å². The Hall–Kier alpha value is -1.70. The second-order valence-corrected chi connectivity index (χ2v) is 10.6. The van der Waals surface area contributed by atoms with E-state index in [-0.39, 0.29) is 22.9 Å². The summed E-state index contributed by atoms with van der Waals surface area (Å²) in [5.41, 5.74) is 1.95. The lowest BCUT2D eigenvalue weighted by Crippen LogP contribution is -2.32. The van der Waals surface area contributed by atoms with Crippen LogP contribution in [0.25, 0.3) is 0 Å². The van der Waals surface area contributed by atoms with Crippen LogP contribution in [0, 0.1) is 13.8 Å². The van der Waals surface area contributed by atoms with Crippen LogP contribution >= 0.6 is 0 Å². The second kappa shape index (κ2) is 6.55. The molecular formula is C18H21NO4S2. The van der Waals surface area contributed by atoms with Gasteiger partial charge in [-0.15, -0.1) is 0 Å². The molecule has 3 rings (SSSR count). The first-order valence-corrected chi connectivity index (χ1v) is 11.1. The standard InChI is InChI=1S/C18H21NO4S2/c1-14-3-7-16(8-4-14)24(20,21)18-11-12-19(13-18)25(22,23)17-9-5-15(2)6-10-17/h3-10,18H,11-13H2,1-2H3/t18-/m1/s1. The van der Waals surface area contributed by atoms with Gasteiger partial charge in [-0.1, -0.05) is 35.4 Å². The van der Waals surface area contributed by atoms with Crippen LogP contribution in [0.2, 0.25) is 0 Å². The van der Waals surface area contributed by atoms with Crippen molar-refractivity contribution < 1.29 is 16.8 Å². The van der Waals surface area contributed by atoms with Crippen LogP contribution in [0.3, 0.4) is 0 Å². The molecule has 0 amide bonds. The molecular weight excluding hydrogens is 358 g/mol. The fourth-order valence-electron chi connectivity index (χ4n) is 2.95. The lowest BCUT2D eigenvalue weighted by Gasteiger charge is -2.17. The van der Waals surface area contributed by atoms with Gasteiger partial charge in [0.05, 0.1) is 15.0 Å². The third-order valence-electron chi connectivity index (χ3n) is 4.55. The van der Waals surface area contributed by atoms with Gasteiger partial charge in [-0.05, 0) is 44.5 Å². The van der Waals surface area contributed by atoms with E-state index in [0.29, 0.717) is 6.42 Å². The van der Waals surface area contributed by atoms with Crippen LogP contribution in [-0.4, -0.2) is 39.5 Å². The van der Waals surface area contributed by atoms with Gasteiger partial charge in [0.25, 0.3) is 0 Å². The van der Waals surface area contributed by atoms with E-state index in [1.165, 1.54) is 4.31 Å². The topological polar surface area (TPSA) is 71.5 Å². The van der Waals surface area contributed by atoms with E-state index in [4.69, 9.17) is 0 Å². The van der Waals surface area contributed by atoms with Gasteiger partial charge in [0.15, 0.2) is 9.84 Å². The Kier molecular flexibility index (Phi) is 4.74. The summed E-state index contributed by atoms with van der Waals surface area (Å²) in [5.74, 6) is 0. The summed E-state index contributed by atoms with van der Waals surface area (Å²) in [6.07, 6.45) is 0.307. The Morgan fingerprint density at radius 1 is 0.800 bits per heavy atom. The van der Waals surface area contributed by atoms with E-state index in [0.717, 1.165) is 11.1 Å². The number of aryl methyl sites for hydroxylation is 2. The van der Waals surface area contributed by atoms with Crippen LogP contribution in [-0.2, 0) is 19.9 Å². The summed E-state index contributed by atoms with van der Waals surface area (Å²) in [4.78, 5) is 0.448. The number of hydrogen-bond acceptors (Lipinski definition) is 4. The van der Waals surface area contributed by atoms with Crippen molar-refractivity contribution in [3.63, 3.8) is 0 Å². The molecule has 2 aromatic carbocycles. The van der Waals surface area contributed by atoms with Crippen LogP contribution < -0.4 is 0 Å². The van der Waals surface area contributed by atoms with Crippen molar-refractivity contribution in [2.24, 2.45) is 0 Å². The lowest BCUT2D eigenvalue weighted by atomic mass is 10.2. The molecule has 0 saturated carbocycles. The van der Waals surface area contributed by atoms with E-state index in [9.17, 15) is 16.8 Å². The van der Waals surface area contributed by atoms with Crippen LogP contribution in [0.1, 0.15) is 17.5 Å². The highest BCUT2D eigenvalue weighted by atomic mass is 32.2. The quantitative estimate of drug-likeness (QED) is 0.818. The summed E-state index contributed by atoms with van der Waals surface area (Å²) in [6, 6.07) is 13.3. The van der Waals surface area contributed by atoms with Gasteiger partial charge in [-0.3, -0.25) is 0 Å². The fraction of sp³-hybridized carbons (Fsp3) is 0.333. The van der Waals surface area contributed by atoms with Crippen molar-refractivity contribution in [1.82, 2.24) is 4.31 Å². The largest absolute Gasteiger partial charge is 0.243 e. The molecule has 1 aliphatic heterocycles. The van der Waals surface area contributed by atoms with Crippen molar-refractivity contribution in [3.8, 4) is 0 Å². The number of sulfone groups is 1. The first-order chi connectivity index (χ1) is 11.7. The molecule has 0 spiro atoms. The normalized spacial score (nSPS) is 19.2. The highest BCUT2D eigenvalue weighted by Gasteiger charge is 2.39. The van der Waals surface area contributed by atoms with Crippen molar-refractivity contribution in [2.45, 2.75) is 35.3 Å². The molecule has 5 nitrogen and oxygen atoms in total. The van der Waals surface area contributed by atoms with Gasteiger partial charge in [-0.25, -0.2) is 16.8 Å². The van der Waals surface area contributed by atoms with Crippen molar-refractivity contribution in [1.29, 1.82) is 0 Å².